The van der Waals surface area contributed by atoms with Crippen molar-refractivity contribution in [2.75, 3.05) is 5.32 Å². The number of rotatable bonds is 2. The van der Waals surface area contributed by atoms with Crippen LogP contribution in [-0.4, -0.2) is 16.0 Å². The van der Waals surface area contributed by atoms with Gasteiger partial charge in [0.1, 0.15) is 5.52 Å². The lowest BCUT2D eigenvalue weighted by atomic mass is 10.2. The van der Waals surface area contributed by atoms with E-state index in [1.165, 1.54) is 18.5 Å². The van der Waals surface area contributed by atoms with Crippen molar-refractivity contribution in [1.82, 2.24) is 4.98 Å². The lowest BCUT2D eigenvalue weighted by molar-refractivity contribution is 0.102. The van der Waals surface area contributed by atoms with Crippen LogP contribution in [0.3, 0.4) is 0 Å². The van der Waals surface area contributed by atoms with E-state index in [0.717, 1.165) is 0 Å². The number of anilines is 1. The molecule has 5 nitrogen and oxygen atoms in total. The number of carbonyl (C=O) groups excluding carboxylic acids is 1. The first kappa shape index (κ1) is 13.7. The molecule has 0 spiro atoms. The number of oxazole rings is 1. The highest BCUT2D eigenvalue weighted by Crippen LogP contribution is 2.34. The average Bonchev–Trinajstić information content (AvgIpc) is 2.91. The van der Waals surface area contributed by atoms with Crippen LogP contribution in [0, 0.1) is 0 Å². The molecule has 0 aliphatic heterocycles. The summed E-state index contributed by atoms with van der Waals surface area (Å²) in [4.78, 5) is 16.2. The minimum absolute atomic E-state index is 0.0600. The monoisotopic (exact) mass is 322 g/mol. The Balaban J connectivity index is 1.88. The van der Waals surface area contributed by atoms with Gasteiger partial charge in [0.15, 0.2) is 17.7 Å². The summed E-state index contributed by atoms with van der Waals surface area (Å²) in [7, 11) is 0. The molecule has 0 bridgehead atoms. The highest BCUT2D eigenvalue weighted by molar-refractivity contribution is 6.37. The van der Waals surface area contributed by atoms with Gasteiger partial charge in [-0.1, -0.05) is 23.2 Å². The smallest absolute Gasteiger partial charge is 0.255 e. The Morgan fingerprint density at radius 1 is 1.19 bits per heavy atom. The number of fused-ring (bicyclic) bond motifs is 1. The molecule has 7 heteroatoms. The van der Waals surface area contributed by atoms with Crippen LogP contribution in [0.25, 0.3) is 11.1 Å². The number of aromatic nitrogens is 1. The molecule has 0 radical (unpaired) electrons. The van der Waals surface area contributed by atoms with Gasteiger partial charge in [-0.3, -0.25) is 4.79 Å². The second kappa shape index (κ2) is 5.27. The van der Waals surface area contributed by atoms with Crippen LogP contribution in [0.2, 0.25) is 10.0 Å². The molecule has 3 aromatic rings. The van der Waals surface area contributed by atoms with Gasteiger partial charge in [0.05, 0.1) is 10.0 Å². The third kappa shape index (κ3) is 2.66. The first-order valence-corrected chi connectivity index (χ1v) is 6.63. The van der Waals surface area contributed by atoms with Crippen molar-refractivity contribution in [2.45, 2.75) is 0 Å². The predicted octanol–water partition coefficient (Wildman–Crippen LogP) is 4.09. The molecule has 3 rings (SSSR count). The fraction of sp³-hybridized carbons (Fsp3) is 0. The number of carbonyl (C=O) groups is 1. The molecule has 2 N–H and O–H groups in total. The van der Waals surface area contributed by atoms with Crippen molar-refractivity contribution in [2.24, 2.45) is 0 Å². The first-order valence-electron chi connectivity index (χ1n) is 5.87. The Morgan fingerprint density at radius 2 is 1.90 bits per heavy atom. The van der Waals surface area contributed by atoms with Crippen LogP contribution in [0.15, 0.2) is 41.1 Å². The second-order valence-electron chi connectivity index (χ2n) is 4.28. The Kier molecular flexibility index (Phi) is 3.45. The third-order valence-corrected chi connectivity index (χ3v) is 3.44. The summed E-state index contributed by atoms with van der Waals surface area (Å²) in [5.74, 6) is -0.571. The Bertz CT molecular complexity index is 822. The van der Waals surface area contributed by atoms with Crippen molar-refractivity contribution in [3.05, 3.63) is 52.3 Å². The standard InChI is InChI=1S/C14H8Cl2N2O3/c15-9-4-8(5-10(16)13(9)19)18-14(20)7-1-2-12-11(3-7)17-6-21-12/h1-6,19H,(H,18,20). The number of phenols is 1. The van der Waals surface area contributed by atoms with E-state index in [9.17, 15) is 9.90 Å². The number of nitrogens with one attached hydrogen (secondary N) is 1. The SMILES string of the molecule is O=C(Nc1cc(Cl)c(O)c(Cl)c1)c1ccc2ocnc2c1. The maximum atomic E-state index is 12.2. The summed E-state index contributed by atoms with van der Waals surface area (Å²) in [5.41, 5.74) is 1.98. The topological polar surface area (TPSA) is 75.4 Å². The number of aromatic hydroxyl groups is 1. The van der Waals surface area contributed by atoms with Crippen LogP contribution in [0.5, 0.6) is 5.75 Å². The number of hydrogen-bond acceptors (Lipinski definition) is 4. The van der Waals surface area contributed by atoms with Crippen LogP contribution in [0.1, 0.15) is 10.4 Å². The Hall–Kier alpha value is -2.24. The summed E-state index contributed by atoms with van der Waals surface area (Å²) in [6.07, 6.45) is 1.31. The molecule has 1 aromatic heterocycles. The maximum Gasteiger partial charge on any atom is 0.255 e. The molecule has 2 aromatic carbocycles. The van der Waals surface area contributed by atoms with Gasteiger partial charge in [-0.15, -0.1) is 0 Å². The zero-order chi connectivity index (χ0) is 15.0. The minimum Gasteiger partial charge on any atom is -0.505 e. The van der Waals surface area contributed by atoms with E-state index in [1.807, 2.05) is 0 Å². The van der Waals surface area contributed by atoms with E-state index in [0.29, 0.717) is 22.4 Å². The van der Waals surface area contributed by atoms with Crippen molar-refractivity contribution < 1.29 is 14.3 Å². The summed E-state index contributed by atoms with van der Waals surface area (Å²) in [6, 6.07) is 7.71. The molecule has 0 unspecified atom stereocenters. The lowest BCUT2D eigenvalue weighted by Crippen LogP contribution is -2.11. The summed E-state index contributed by atoms with van der Waals surface area (Å²) < 4.78 is 5.11. The van der Waals surface area contributed by atoms with Crippen LogP contribution >= 0.6 is 23.2 Å². The molecule has 0 saturated carbocycles. The molecule has 0 atom stereocenters. The summed E-state index contributed by atoms with van der Waals surface area (Å²) in [6.45, 7) is 0. The molecule has 0 aliphatic rings. The van der Waals surface area contributed by atoms with E-state index in [-0.39, 0.29) is 21.7 Å². The zero-order valence-electron chi connectivity index (χ0n) is 10.4. The second-order valence-corrected chi connectivity index (χ2v) is 5.09. The normalized spacial score (nSPS) is 10.8. The first-order chi connectivity index (χ1) is 10.0. The molecule has 1 heterocycles. The van der Waals surface area contributed by atoms with Crippen molar-refractivity contribution in [3.8, 4) is 5.75 Å². The molecular weight excluding hydrogens is 315 g/mol. The van der Waals surface area contributed by atoms with Gasteiger partial charge in [-0.05, 0) is 30.3 Å². The number of hydrogen-bond donors (Lipinski definition) is 2. The van der Waals surface area contributed by atoms with Gasteiger partial charge < -0.3 is 14.8 Å². The van der Waals surface area contributed by atoms with E-state index in [4.69, 9.17) is 27.6 Å². The van der Waals surface area contributed by atoms with Gasteiger partial charge in [0.2, 0.25) is 0 Å². The van der Waals surface area contributed by atoms with Crippen molar-refractivity contribution in [1.29, 1.82) is 0 Å². The van der Waals surface area contributed by atoms with Crippen LogP contribution < -0.4 is 5.32 Å². The van der Waals surface area contributed by atoms with Gasteiger partial charge in [0, 0.05) is 11.3 Å². The summed E-state index contributed by atoms with van der Waals surface area (Å²) >= 11 is 11.6. The van der Waals surface area contributed by atoms with Gasteiger partial charge in [-0.2, -0.15) is 0 Å². The fourth-order valence-electron chi connectivity index (χ4n) is 1.84. The Labute approximate surface area is 129 Å². The number of phenolic OH excluding ortho intramolecular Hbond substituents is 1. The van der Waals surface area contributed by atoms with Gasteiger partial charge in [-0.25, -0.2) is 4.98 Å². The molecule has 1 amide bonds. The Morgan fingerprint density at radius 3 is 2.62 bits per heavy atom. The zero-order valence-corrected chi connectivity index (χ0v) is 11.9. The van der Waals surface area contributed by atoms with Crippen molar-refractivity contribution >= 4 is 45.9 Å². The minimum atomic E-state index is -0.349. The quantitative estimate of drug-likeness (QED) is 0.697. The van der Waals surface area contributed by atoms with Gasteiger partial charge >= 0.3 is 0 Å². The fourth-order valence-corrected chi connectivity index (χ4v) is 2.33. The number of amides is 1. The van der Waals surface area contributed by atoms with Gasteiger partial charge in [0.25, 0.3) is 5.91 Å². The molecule has 0 fully saturated rings. The average molecular weight is 323 g/mol. The number of nitrogens with zero attached hydrogens (tertiary/aromatic N) is 1. The third-order valence-electron chi connectivity index (χ3n) is 2.87. The number of benzene rings is 2. The van der Waals surface area contributed by atoms with E-state index >= 15 is 0 Å². The largest absolute Gasteiger partial charge is 0.505 e. The lowest BCUT2D eigenvalue weighted by Gasteiger charge is -2.08. The highest BCUT2D eigenvalue weighted by atomic mass is 35.5. The molecule has 0 saturated heterocycles. The van der Waals surface area contributed by atoms with Crippen LogP contribution in [0.4, 0.5) is 5.69 Å². The maximum absolute atomic E-state index is 12.2. The molecule has 106 valence electrons. The van der Waals surface area contributed by atoms with E-state index < -0.39 is 0 Å². The number of halogens is 2. The molecular formula is C14H8Cl2N2O3. The predicted molar refractivity (Wildman–Crippen MR) is 80.1 cm³/mol. The summed E-state index contributed by atoms with van der Waals surface area (Å²) in [5, 5.41) is 12.2. The highest BCUT2D eigenvalue weighted by Gasteiger charge is 2.11. The van der Waals surface area contributed by atoms with E-state index in [1.54, 1.807) is 18.2 Å². The molecule has 0 aliphatic carbocycles. The van der Waals surface area contributed by atoms with Crippen molar-refractivity contribution in [3.63, 3.8) is 0 Å². The molecule has 21 heavy (non-hydrogen) atoms. The van der Waals surface area contributed by atoms with Crippen LogP contribution in [-0.2, 0) is 0 Å². The van der Waals surface area contributed by atoms with E-state index in [2.05, 4.69) is 10.3 Å².